The van der Waals surface area contributed by atoms with E-state index in [9.17, 15) is 9.59 Å². The third-order valence-corrected chi connectivity index (χ3v) is 20.9. The highest BCUT2D eigenvalue weighted by Crippen LogP contribution is 2.58. The molecular weight excluding hydrogens is 1140 g/mol. The largest absolute Gasteiger partial charge is 0.310 e. The van der Waals surface area contributed by atoms with Crippen molar-refractivity contribution in [3.05, 3.63) is 336 Å². The summed E-state index contributed by atoms with van der Waals surface area (Å²) in [5.41, 5.74) is 29.8. The SMILES string of the molecule is CC1(C)c2ccccc2N(c2ccc3c(c2)-c2cc4cccccc-4c2C3=O)c2cc3c4ccccc4n(-c4ccccc4)c3cc21.CC1(C)c2ccccc2N(c2ccc3c(c2)C(=O)c2c4cccccc-4cc2-3)c2cc3c4ccccc4n(-c4ccccc4)c3cc21. The van der Waals surface area contributed by atoms with Crippen molar-refractivity contribution in [1.82, 2.24) is 9.13 Å². The van der Waals surface area contributed by atoms with Gasteiger partial charge in [0.1, 0.15) is 0 Å². The Bertz CT molecular complexity index is 5860. The lowest BCUT2D eigenvalue weighted by Crippen LogP contribution is -2.30. The van der Waals surface area contributed by atoms with Gasteiger partial charge in [-0.2, -0.15) is 0 Å². The third-order valence-electron chi connectivity index (χ3n) is 20.9. The molecule has 6 nitrogen and oxygen atoms in total. The highest BCUT2D eigenvalue weighted by Gasteiger charge is 2.42. The fourth-order valence-electron chi connectivity index (χ4n) is 16.5. The van der Waals surface area contributed by atoms with E-state index in [-0.39, 0.29) is 22.4 Å². The summed E-state index contributed by atoms with van der Waals surface area (Å²) < 4.78 is 4.79. The van der Waals surface area contributed by atoms with E-state index < -0.39 is 0 Å². The number of hydrogen-bond acceptors (Lipinski definition) is 4. The van der Waals surface area contributed by atoms with Crippen molar-refractivity contribution in [1.29, 1.82) is 0 Å². The molecule has 0 bridgehead atoms. The van der Waals surface area contributed by atoms with E-state index in [4.69, 9.17) is 0 Å². The van der Waals surface area contributed by atoms with Crippen molar-refractivity contribution < 1.29 is 9.59 Å². The van der Waals surface area contributed by atoms with Gasteiger partial charge in [0.15, 0.2) is 11.6 Å². The standard InChI is InChI=1S/2C44H30N2O/c1-44(2)36-18-10-12-20-39(36)46(29-21-22-31-34-23-27-13-5-3-8-16-30(27)42(34)43(47)35(31)24-29)41-25-33-32-17-9-11-19-38(32)45(40(33)26-37(41)44)28-14-6-4-7-15-28;1-44(2)36-18-10-12-20-39(36)46(29-21-22-32-33(24-29)35-23-27-13-5-3-8-16-30(27)42(35)43(32)47)41-25-34-31-17-9-11-19-38(31)45(40(34)26-37(41)44)28-14-6-4-7-15-28/h2*3-26H,1-2H3. The lowest BCUT2D eigenvalue weighted by molar-refractivity contribution is 0.103. The Hall–Kier alpha value is -11.9. The number of carbonyl (C=O) groups excluding carboxylic acids is 2. The Kier molecular flexibility index (Phi) is 11.4. The fraction of sp³-hybridized carbons (Fsp3) is 0.0682. The van der Waals surface area contributed by atoms with Gasteiger partial charge in [-0.25, -0.2) is 0 Å². The topological polar surface area (TPSA) is 50.5 Å². The van der Waals surface area contributed by atoms with Crippen LogP contribution < -0.4 is 9.80 Å². The van der Waals surface area contributed by atoms with Gasteiger partial charge in [0.2, 0.25) is 0 Å². The zero-order chi connectivity index (χ0) is 62.9. The molecule has 8 aliphatic rings. The number of nitrogens with zero attached hydrogens (tertiary/aromatic N) is 4. The van der Waals surface area contributed by atoms with Gasteiger partial charge in [-0.3, -0.25) is 9.59 Å². The van der Waals surface area contributed by atoms with Crippen molar-refractivity contribution in [3.63, 3.8) is 0 Å². The monoisotopic (exact) mass is 1200 g/mol. The van der Waals surface area contributed by atoms with Gasteiger partial charge in [0, 0.05) is 77.4 Å². The van der Waals surface area contributed by atoms with Crippen LogP contribution in [-0.2, 0) is 10.8 Å². The molecular formula is C88H60N4O2. The summed E-state index contributed by atoms with van der Waals surface area (Å²) in [6.07, 6.45) is 0. The number of carbonyl (C=O) groups is 2. The molecule has 0 unspecified atom stereocenters. The number of anilines is 6. The maximum atomic E-state index is 14.1. The maximum Gasteiger partial charge on any atom is 0.194 e. The van der Waals surface area contributed by atoms with Crippen molar-refractivity contribution in [2.75, 3.05) is 9.80 Å². The van der Waals surface area contributed by atoms with Gasteiger partial charge < -0.3 is 18.9 Å². The lowest BCUT2D eigenvalue weighted by Gasteiger charge is -2.42. The molecule has 2 aliphatic heterocycles. The number of fused-ring (bicyclic) bond motifs is 20. The van der Waals surface area contributed by atoms with Crippen LogP contribution in [0.3, 0.4) is 0 Å². The van der Waals surface area contributed by atoms with Gasteiger partial charge in [-0.1, -0.05) is 204 Å². The second-order valence-electron chi connectivity index (χ2n) is 26.6. The van der Waals surface area contributed by atoms with E-state index in [1.807, 2.05) is 42.5 Å². The van der Waals surface area contributed by atoms with Gasteiger partial charge in [-0.05, 0) is 182 Å². The normalized spacial score (nSPS) is 14.3. The molecule has 0 spiro atoms. The molecule has 0 atom stereocenters. The number of aromatic nitrogens is 2. The number of rotatable bonds is 4. The molecule has 10 aromatic carbocycles. The molecule has 0 fully saturated rings. The zero-order valence-corrected chi connectivity index (χ0v) is 52.3. The third kappa shape index (κ3) is 7.53. The van der Waals surface area contributed by atoms with Crippen LogP contribution in [0.1, 0.15) is 81.8 Å². The summed E-state index contributed by atoms with van der Waals surface area (Å²) in [6.45, 7) is 9.34. The van der Waals surface area contributed by atoms with E-state index in [0.717, 1.165) is 101 Å². The second-order valence-corrected chi connectivity index (χ2v) is 26.6. The van der Waals surface area contributed by atoms with E-state index in [1.165, 1.54) is 77.2 Å². The molecule has 2 aromatic heterocycles. The molecule has 0 N–H and O–H groups in total. The highest BCUT2D eigenvalue weighted by atomic mass is 16.1. The van der Waals surface area contributed by atoms with Gasteiger partial charge >= 0.3 is 0 Å². The smallest absolute Gasteiger partial charge is 0.194 e. The van der Waals surface area contributed by atoms with Gasteiger partial charge in [0.05, 0.1) is 44.8 Å². The average molecular weight is 1210 g/mol. The van der Waals surface area contributed by atoms with Crippen LogP contribution in [0.2, 0.25) is 0 Å². The molecule has 20 rings (SSSR count). The van der Waals surface area contributed by atoms with E-state index in [0.29, 0.717) is 0 Å². The number of benzene rings is 10. The Morgan fingerprint density at radius 2 is 0.638 bits per heavy atom. The molecule has 0 saturated carbocycles. The van der Waals surface area contributed by atoms with Crippen LogP contribution in [0.5, 0.6) is 0 Å². The number of para-hydroxylation sites is 6. The van der Waals surface area contributed by atoms with E-state index >= 15 is 0 Å². The average Bonchev–Trinajstić information content (AvgIpc) is 1.24. The van der Waals surface area contributed by atoms with Crippen molar-refractivity contribution >= 4 is 89.3 Å². The maximum absolute atomic E-state index is 14.1. The molecule has 0 amide bonds. The second kappa shape index (κ2) is 19.8. The summed E-state index contributed by atoms with van der Waals surface area (Å²) in [7, 11) is 0. The summed E-state index contributed by atoms with van der Waals surface area (Å²) in [5, 5.41) is 4.88. The lowest BCUT2D eigenvalue weighted by atomic mass is 9.73. The van der Waals surface area contributed by atoms with Crippen molar-refractivity contribution in [2.45, 2.75) is 38.5 Å². The molecule has 4 heterocycles. The summed E-state index contributed by atoms with van der Waals surface area (Å²) in [4.78, 5) is 32.7. The summed E-state index contributed by atoms with van der Waals surface area (Å²) in [6, 6.07) is 103. The first-order valence-corrected chi connectivity index (χ1v) is 32.5. The van der Waals surface area contributed by atoms with Crippen LogP contribution in [-0.4, -0.2) is 20.7 Å². The molecule has 12 aromatic rings. The van der Waals surface area contributed by atoms with E-state index in [1.54, 1.807) is 0 Å². The van der Waals surface area contributed by atoms with Gasteiger partial charge in [-0.15, -0.1) is 0 Å². The Balaban J connectivity index is 0.000000133. The van der Waals surface area contributed by atoms with E-state index in [2.05, 4.69) is 295 Å². The molecule has 94 heavy (non-hydrogen) atoms. The van der Waals surface area contributed by atoms with Crippen LogP contribution >= 0.6 is 0 Å². The van der Waals surface area contributed by atoms with Gasteiger partial charge in [0.25, 0.3) is 0 Å². The molecule has 0 radical (unpaired) electrons. The van der Waals surface area contributed by atoms with Crippen molar-refractivity contribution in [2.24, 2.45) is 0 Å². The Labute approximate surface area is 544 Å². The Morgan fingerprint density at radius 1 is 0.245 bits per heavy atom. The molecule has 6 aliphatic carbocycles. The predicted octanol–water partition coefficient (Wildman–Crippen LogP) is 22.4. The minimum absolute atomic E-state index is 0.102. The number of hydrogen-bond donors (Lipinski definition) is 0. The quantitative estimate of drug-likeness (QED) is 0.176. The molecule has 6 heteroatoms. The van der Waals surface area contributed by atoms with Crippen LogP contribution in [0.4, 0.5) is 34.1 Å². The van der Waals surface area contributed by atoms with Crippen LogP contribution in [0.15, 0.2) is 291 Å². The minimum Gasteiger partial charge on any atom is -0.310 e. The first kappa shape index (κ1) is 53.9. The van der Waals surface area contributed by atoms with Crippen molar-refractivity contribution in [3.8, 4) is 55.9 Å². The number of ketones is 2. The first-order valence-electron chi connectivity index (χ1n) is 32.5. The molecule has 444 valence electrons. The van der Waals surface area contributed by atoms with Crippen LogP contribution in [0.25, 0.3) is 99.5 Å². The fourth-order valence-corrected chi connectivity index (χ4v) is 16.5. The van der Waals surface area contributed by atoms with Crippen LogP contribution in [0, 0.1) is 0 Å². The Morgan fingerprint density at radius 3 is 1.14 bits per heavy atom. The predicted molar refractivity (Wildman–Crippen MR) is 386 cm³/mol. The highest BCUT2D eigenvalue weighted by molar-refractivity contribution is 6.28. The first-order chi connectivity index (χ1) is 46.0. The summed E-state index contributed by atoms with van der Waals surface area (Å²) >= 11 is 0. The zero-order valence-electron chi connectivity index (χ0n) is 52.3. The minimum atomic E-state index is -0.252. The molecule has 0 saturated heterocycles. The summed E-state index contributed by atoms with van der Waals surface area (Å²) in [5.74, 6) is 0.212.